The molecule has 2 heteroatoms. The smallest absolute Gasteiger partial charge is 0.191 e. The minimum Gasteiger partial charge on any atom is -0.191 e. The van der Waals surface area contributed by atoms with Crippen LogP contribution in [0.4, 0.5) is 0 Å². The maximum absolute atomic E-state index is 2.50. The van der Waals surface area contributed by atoms with Crippen LogP contribution < -0.4 is 18.9 Å². The summed E-state index contributed by atoms with van der Waals surface area (Å²) in [5, 5.41) is 6.72. The molecule has 0 saturated carbocycles. The fourth-order valence-corrected chi connectivity index (χ4v) is 14.1. The van der Waals surface area contributed by atoms with E-state index >= 15 is 0 Å². The fourth-order valence-electron chi connectivity index (χ4n) is 7.70. The Labute approximate surface area is 227 Å². The average Bonchev–Trinajstić information content (AvgIpc) is 2.90. The largest absolute Gasteiger partial charge is 1.00 e. The molecule has 0 radical (unpaired) electrons. The summed E-state index contributed by atoms with van der Waals surface area (Å²) in [6.45, 7) is 0. The van der Waals surface area contributed by atoms with Gasteiger partial charge in [-0.05, 0) is 101 Å². The Morgan fingerprint density at radius 2 is 0.676 bits per heavy atom. The number of allylic oxidation sites excluding steroid dienone is 8. The predicted molar refractivity (Wildman–Crippen MR) is 149 cm³/mol. The molecule has 0 spiro atoms. The fraction of sp³-hybridized carbons (Fsp3) is 0.750. The quantitative estimate of drug-likeness (QED) is 0.206. The Kier molecular flexibility index (Phi) is 13.5. The summed E-state index contributed by atoms with van der Waals surface area (Å²) in [6, 6.07) is 0. The molecule has 0 aromatic carbocycles. The van der Waals surface area contributed by atoms with Crippen molar-refractivity contribution in [3.63, 3.8) is 0 Å². The molecule has 0 aliphatic heterocycles. The van der Waals surface area contributed by atoms with Gasteiger partial charge in [-0.25, -0.2) is 0 Å². The van der Waals surface area contributed by atoms with Crippen molar-refractivity contribution in [2.75, 3.05) is 0 Å². The van der Waals surface area contributed by atoms with E-state index in [-0.39, 0.29) is 18.9 Å². The summed E-state index contributed by atoms with van der Waals surface area (Å²) in [5.41, 5.74) is 0. The predicted octanol–water partition coefficient (Wildman–Crippen LogP) is 7.42. The van der Waals surface area contributed by atoms with Crippen LogP contribution >= 0.6 is 0 Å². The van der Waals surface area contributed by atoms with E-state index < -0.39 is 13.1 Å². The molecule has 4 atom stereocenters. The Balaban J connectivity index is 0.00000324. The molecule has 184 valence electrons. The average molecular weight is 471 g/mol. The molecule has 34 heavy (non-hydrogen) atoms. The first-order chi connectivity index (χ1) is 16.3. The third-order valence-electron chi connectivity index (χ3n) is 10.3. The third-order valence-corrected chi connectivity index (χ3v) is 16.5. The number of hydrogen-bond donors (Lipinski definition) is 0. The third kappa shape index (κ3) is 9.86. The van der Waals surface area contributed by atoms with Gasteiger partial charge in [0.05, 0.1) is 0 Å². The van der Waals surface area contributed by atoms with Crippen LogP contribution in [0.1, 0.15) is 103 Å². The van der Waals surface area contributed by atoms with Crippen LogP contribution in [-0.4, -0.2) is 13.1 Å². The van der Waals surface area contributed by atoms with E-state index in [9.17, 15) is 0 Å². The van der Waals surface area contributed by atoms with Gasteiger partial charge in [-0.2, -0.15) is 21.1 Å². The van der Waals surface area contributed by atoms with Crippen molar-refractivity contribution in [1.82, 2.24) is 0 Å². The Hall–Kier alpha value is 0.0899. The molecular weight excluding hydrogens is 418 g/mol. The second kappa shape index (κ2) is 16.0. The molecule has 0 heterocycles. The van der Waals surface area contributed by atoms with Gasteiger partial charge in [-0.3, -0.25) is 0 Å². The second-order valence-electron chi connectivity index (χ2n) is 12.6. The van der Waals surface area contributed by atoms with Gasteiger partial charge in [0.25, 0.3) is 0 Å². The van der Waals surface area contributed by atoms with Gasteiger partial charge in [0.1, 0.15) is 13.1 Å². The molecule has 0 saturated heterocycles. The molecular formula is C32H52AlLi. The second-order valence-corrected chi connectivity index (χ2v) is 18.4. The standard InChI is InChI=1S/4C8H13.Al.Li/c4*1-2-8-6-4-3-5-7-8;;/h4*3-4,8H,1-2,5-7H2;;/q;;;;-1;+1. The van der Waals surface area contributed by atoms with E-state index in [1.54, 1.807) is 46.8 Å². The molecule has 0 nitrogen and oxygen atoms in total. The van der Waals surface area contributed by atoms with Gasteiger partial charge in [0, 0.05) is 0 Å². The molecule has 0 amide bonds. The van der Waals surface area contributed by atoms with Crippen molar-refractivity contribution in [2.45, 2.75) is 124 Å². The van der Waals surface area contributed by atoms with E-state index in [0.29, 0.717) is 0 Å². The maximum Gasteiger partial charge on any atom is 1.00 e. The van der Waals surface area contributed by atoms with Gasteiger partial charge >= 0.3 is 18.9 Å². The van der Waals surface area contributed by atoms with E-state index in [2.05, 4.69) is 48.6 Å². The monoisotopic (exact) mass is 470 g/mol. The van der Waals surface area contributed by atoms with Gasteiger partial charge in [0.15, 0.2) is 0 Å². The van der Waals surface area contributed by atoms with Crippen LogP contribution in [0.15, 0.2) is 48.6 Å². The van der Waals surface area contributed by atoms with Crippen LogP contribution in [0.5, 0.6) is 0 Å². The zero-order valence-corrected chi connectivity index (χ0v) is 23.8. The maximum atomic E-state index is 2.50. The van der Waals surface area contributed by atoms with Crippen molar-refractivity contribution in [3.8, 4) is 0 Å². The van der Waals surface area contributed by atoms with Crippen molar-refractivity contribution in [1.29, 1.82) is 0 Å². The summed E-state index contributed by atoms with van der Waals surface area (Å²) in [7, 11) is 0. The van der Waals surface area contributed by atoms with Crippen molar-refractivity contribution in [3.05, 3.63) is 48.6 Å². The first-order valence-electron chi connectivity index (χ1n) is 15.1. The first kappa shape index (κ1) is 28.7. The van der Waals surface area contributed by atoms with Crippen LogP contribution in [0.25, 0.3) is 0 Å². The van der Waals surface area contributed by atoms with E-state index in [0.717, 1.165) is 23.7 Å². The molecule has 0 bridgehead atoms. The number of rotatable bonds is 12. The molecule has 4 aliphatic carbocycles. The van der Waals surface area contributed by atoms with Crippen LogP contribution in [-0.2, 0) is 0 Å². The summed E-state index contributed by atoms with van der Waals surface area (Å²) >= 11 is -1.60. The molecule has 0 aromatic heterocycles. The zero-order chi connectivity index (χ0) is 22.6. The molecule has 0 aromatic rings. The van der Waals surface area contributed by atoms with Gasteiger partial charge < -0.3 is 0 Å². The van der Waals surface area contributed by atoms with Gasteiger partial charge in [0.2, 0.25) is 0 Å². The zero-order valence-electron chi connectivity index (χ0n) is 22.6. The van der Waals surface area contributed by atoms with Crippen LogP contribution in [0.3, 0.4) is 0 Å². The van der Waals surface area contributed by atoms with Crippen molar-refractivity contribution >= 4 is 13.1 Å². The van der Waals surface area contributed by atoms with Crippen LogP contribution in [0.2, 0.25) is 21.1 Å². The molecule has 4 unspecified atom stereocenters. The minimum atomic E-state index is -1.60. The van der Waals surface area contributed by atoms with Crippen molar-refractivity contribution in [2.24, 2.45) is 23.7 Å². The molecule has 4 aliphatic rings. The molecule has 4 rings (SSSR count). The van der Waals surface area contributed by atoms with E-state index in [1.807, 2.05) is 0 Å². The normalized spacial score (nSPS) is 30.6. The summed E-state index contributed by atoms with van der Waals surface area (Å²) in [4.78, 5) is 0. The minimum absolute atomic E-state index is 0. The van der Waals surface area contributed by atoms with Gasteiger partial charge in [-0.15, -0.1) is 0 Å². The van der Waals surface area contributed by atoms with Crippen molar-refractivity contribution < 1.29 is 18.9 Å². The van der Waals surface area contributed by atoms with E-state index in [1.165, 1.54) is 77.0 Å². The SMILES string of the molecule is C1=CCC(C[CH2][Al-]([CH2]CC2CC=CCC2)([CH2]CC2CC=CCC2)[CH2]CC2CC=CCC2)CC1.[Li+]. The Morgan fingerprint density at radius 1 is 0.412 bits per heavy atom. The summed E-state index contributed by atoms with van der Waals surface area (Å²) in [5.74, 6) is 4.01. The van der Waals surface area contributed by atoms with E-state index in [4.69, 9.17) is 0 Å². The van der Waals surface area contributed by atoms with Crippen LogP contribution in [0, 0.1) is 23.7 Å². The first-order valence-corrected chi connectivity index (χ1v) is 18.4. The molecule has 0 N–H and O–H groups in total. The Morgan fingerprint density at radius 3 is 0.882 bits per heavy atom. The summed E-state index contributed by atoms with van der Waals surface area (Å²) < 4.78 is 0. The molecule has 0 fully saturated rings. The van der Waals surface area contributed by atoms with Gasteiger partial charge in [-0.1, -0.05) is 74.3 Å². The Bertz CT molecular complexity index is 557. The number of hydrogen-bond acceptors (Lipinski definition) is 0. The topological polar surface area (TPSA) is 0 Å². The summed E-state index contributed by atoms with van der Waals surface area (Å²) in [6.07, 6.45) is 42.8.